The van der Waals surface area contributed by atoms with Gasteiger partial charge in [0, 0.05) is 19.6 Å². The van der Waals surface area contributed by atoms with Gasteiger partial charge in [-0.2, -0.15) is 13.2 Å². The number of hydrogen-bond donors (Lipinski definition) is 1. The molecule has 1 aliphatic rings. The molecule has 0 amide bonds. The molecule has 0 bridgehead atoms. The van der Waals surface area contributed by atoms with Crippen molar-refractivity contribution in [2.24, 2.45) is 5.41 Å². The van der Waals surface area contributed by atoms with Crippen molar-refractivity contribution in [2.75, 3.05) is 33.3 Å². The van der Waals surface area contributed by atoms with Crippen LogP contribution in [0.3, 0.4) is 0 Å². The van der Waals surface area contributed by atoms with Crippen molar-refractivity contribution in [3.8, 4) is 5.75 Å². The van der Waals surface area contributed by atoms with Crippen LogP contribution in [-0.4, -0.2) is 44.4 Å². The number of alkyl halides is 3. The van der Waals surface area contributed by atoms with Crippen LogP contribution in [0.2, 0.25) is 0 Å². The lowest BCUT2D eigenvalue weighted by molar-refractivity contribution is -0.153. The molecule has 25 heavy (non-hydrogen) atoms. The maximum absolute atomic E-state index is 12.3. The molecule has 1 unspecified atom stereocenters. The Kier molecular flexibility index (Phi) is 7.59. The van der Waals surface area contributed by atoms with E-state index < -0.39 is 12.8 Å². The summed E-state index contributed by atoms with van der Waals surface area (Å²) in [7, 11) is 2.09. The minimum Gasteiger partial charge on any atom is -0.484 e. The van der Waals surface area contributed by atoms with Gasteiger partial charge in [0.1, 0.15) is 5.75 Å². The Balaban J connectivity index is 0.00000312. The Morgan fingerprint density at radius 2 is 1.84 bits per heavy atom. The molecule has 1 fully saturated rings. The topological polar surface area (TPSA) is 24.5 Å². The Morgan fingerprint density at radius 3 is 2.32 bits per heavy atom. The fourth-order valence-corrected chi connectivity index (χ4v) is 3.54. The molecule has 1 aromatic rings. The minimum absolute atomic E-state index is 0. The van der Waals surface area contributed by atoms with Gasteiger partial charge >= 0.3 is 6.18 Å². The SMILES string of the molecule is Cc1cc(CN(C)CC2(C)CCNC2)cc(C)c1OCC(F)(F)F.Cl. The third-order valence-corrected chi connectivity index (χ3v) is 4.46. The second-order valence-corrected chi connectivity index (χ2v) is 7.37. The molecular weight excluding hydrogens is 353 g/mol. The Morgan fingerprint density at radius 1 is 1.24 bits per heavy atom. The smallest absolute Gasteiger partial charge is 0.422 e. The van der Waals surface area contributed by atoms with E-state index in [2.05, 4.69) is 24.2 Å². The summed E-state index contributed by atoms with van der Waals surface area (Å²) in [4.78, 5) is 2.28. The summed E-state index contributed by atoms with van der Waals surface area (Å²) in [5.74, 6) is 0.339. The normalized spacial score (nSPS) is 20.6. The predicted molar refractivity (Wildman–Crippen MR) is 96.6 cm³/mol. The molecule has 2 rings (SSSR count). The van der Waals surface area contributed by atoms with Crippen molar-refractivity contribution in [1.29, 1.82) is 0 Å². The second-order valence-electron chi connectivity index (χ2n) is 7.37. The highest BCUT2D eigenvalue weighted by Crippen LogP contribution is 2.29. The largest absolute Gasteiger partial charge is 0.484 e. The van der Waals surface area contributed by atoms with E-state index in [-0.39, 0.29) is 17.8 Å². The third kappa shape index (κ3) is 6.68. The van der Waals surface area contributed by atoms with Gasteiger partial charge in [-0.25, -0.2) is 0 Å². The van der Waals surface area contributed by atoms with Gasteiger partial charge in [0.2, 0.25) is 0 Å². The molecule has 1 aliphatic heterocycles. The molecule has 0 aromatic heterocycles. The summed E-state index contributed by atoms with van der Waals surface area (Å²) < 4.78 is 42.0. The van der Waals surface area contributed by atoms with E-state index in [9.17, 15) is 13.2 Å². The van der Waals surface area contributed by atoms with Crippen LogP contribution in [-0.2, 0) is 6.54 Å². The van der Waals surface area contributed by atoms with Crippen LogP contribution in [0.1, 0.15) is 30.0 Å². The highest BCUT2D eigenvalue weighted by Gasteiger charge is 2.30. The standard InChI is InChI=1S/C18H27F3N2O.ClH/c1-13-7-15(8-14(2)16(13)24-12-18(19,20)21)9-23(4)11-17(3)5-6-22-10-17;/h7-8,22H,5-6,9-12H2,1-4H3;1H. The van der Waals surface area contributed by atoms with Crippen molar-refractivity contribution < 1.29 is 17.9 Å². The lowest BCUT2D eigenvalue weighted by atomic mass is 9.89. The lowest BCUT2D eigenvalue weighted by Crippen LogP contribution is -2.34. The van der Waals surface area contributed by atoms with Crippen LogP contribution in [0, 0.1) is 19.3 Å². The van der Waals surface area contributed by atoms with Crippen LogP contribution in [0.15, 0.2) is 12.1 Å². The van der Waals surface area contributed by atoms with Crippen molar-refractivity contribution in [1.82, 2.24) is 10.2 Å². The number of nitrogens with zero attached hydrogens (tertiary/aromatic N) is 1. The van der Waals surface area contributed by atoms with Gasteiger partial charge < -0.3 is 15.0 Å². The van der Waals surface area contributed by atoms with Crippen molar-refractivity contribution in [2.45, 2.75) is 39.9 Å². The highest BCUT2D eigenvalue weighted by molar-refractivity contribution is 5.85. The van der Waals surface area contributed by atoms with Crippen LogP contribution >= 0.6 is 12.4 Å². The van der Waals surface area contributed by atoms with Gasteiger partial charge in [0.25, 0.3) is 0 Å². The highest BCUT2D eigenvalue weighted by atomic mass is 35.5. The molecule has 1 atom stereocenters. The lowest BCUT2D eigenvalue weighted by Gasteiger charge is -2.29. The average Bonchev–Trinajstić information content (AvgIpc) is 2.82. The van der Waals surface area contributed by atoms with Gasteiger partial charge in [-0.3, -0.25) is 0 Å². The van der Waals surface area contributed by atoms with Crippen molar-refractivity contribution in [3.63, 3.8) is 0 Å². The molecule has 3 nitrogen and oxygen atoms in total. The molecule has 144 valence electrons. The predicted octanol–water partition coefficient (Wildman–Crippen LogP) is 4.10. The molecule has 7 heteroatoms. The van der Waals surface area contributed by atoms with E-state index in [1.807, 2.05) is 12.1 Å². The second kappa shape index (κ2) is 8.60. The van der Waals surface area contributed by atoms with E-state index in [4.69, 9.17) is 4.74 Å². The monoisotopic (exact) mass is 380 g/mol. The van der Waals surface area contributed by atoms with E-state index >= 15 is 0 Å². The van der Waals surface area contributed by atoms with Gasteiger partial charge in [-0.05, 0) is 56.0 Å². The number of benzene rings is 1. The zero-order valence-corrected chi connectivity index (χ0v) is 16.1. The first kappa shape index (κ1) is 22.1. The molecule has 0 radical (unpaired) electrons. The molecule has 0 aliphatic carbocycles. The maximum Gasteiger partial charge on any atom is 0.422 e. The van der Waals surface area contributed by atoms with Crippen LogP contribution in [0.25, 0.3) is 0 Å². The molecule has 1 aromatic carbocycles. The average molecular weight is 381 g/mol. The first-order valence-electron chi connectivity index (χ1n) is 8.27. The van der Waals surface area contributed by atoms with Crippen molar-refractivity contribution >= 4 is 12.4 Å². The zero-order chi connectivity index (χ0) is 18.0. The fourth-order valence-electron chi connectivity index (χ4n) is 3.54. The summed E-state index contributed by atoms with van der Waals surface area (Å²) in [6.07, 6.45) is -3.15. The van der Waals surface area contributed by atoms with Crippen LogP contribution < -0.4 is 10.1 Å². The fraction of sp³-hybridized carbons (Fsp3) is 0.667. The number of aryl methyl sites for hydroxylation is 2. The summed E-state index contributed by atoms with van der Waals surface area (Å²) in [6, 6.07) is 3.84. The molecule has 0 saturated carbocycles. The Hall–Kier alpha value is -0.980. The van der Waals surface area contributed by atoms with E-state index in [1.165, 1.54) is 6.42 Å². The molecule has 1 heterocycles. The Bertz CT molecular complexity index is 549. The quantitative estimate of drug-likeness (QED) is 0.804. The number of halogens is 4. The summed E-state index contributed by atoms with van der Waals surface area (Å²) >= 11 is 0. The van der Waals surface area contributed by atoms with Gasteiger partial charge in [-0.15, -0.1) is 12.4 Å². The molecular formula is C18H28ClF3N2O. The summed E-state index contributed by atoms with van der Waals surface area (Å²) in [6.45, 7) is 8.48. The zero-order valence-electron chi connectivity index (χ0n) is 15.3. The van der Waals surface area contributed by atoms with E-state index in [0.717, 1.165) is 42.9 Å². The first-order valence-corrected chi connectivity index (χ1v) is 8.27. The van der Waals surface area contributed by atoms with E-state index in [0.29, 0.717) is 5.75 Å². The number of ether oxygens (including phenoxy) is 1. The summed E-state index contributed by atoms with van der Waals surface area (Å²) in [5, 5.41) is 3.40. The van der Waals surface area contributed by atoms with Gasteiger partial charge in [-0.1, -0.05) is 19.1 Å². The number of nitrogens with one attached hydrogen (secondary N) is 1. The maximum atomic E-state index is 12.3. The van der Waals surface area contributed by atoms with Crippen LogP contribution in [0.4, 0.5) is 13.2 Å². The van der Waals surface area contributed by atoms with E-state index in [1.54, 1.807) is 13.8 Å². The molecule has 0 spiro atoms. The van der Waals surface area contributed by atoms with Gasteiger partial charge in [0.15, 0.2) is 6.61 Å². The Labute approximate surface area is 154 Å². The number of hydrogen-bond acceptors (Lipinski definition) is 3. The first-order chi connectivity index (χ1) is 11.1. The summed E-state index contributed by atoms with van der Waals surface area (Å²) in [5.41, 5.74) is 2.88. The molecule has 1 N–H and O–H groups in total. The van der Waals surface area contributed by atoms with Crippen LogP contribution in [0.5, 0.6) is 5.75 Å². The van der Waals surface area contributed by atoms with Crippen molar-refractivity contribution in [3.05, 3.63) is 28.8 Å². The molecule has 1 saturated heterocycles. The van der Waals surface area contributed by atoms with Gasteiger partial charge in [0.05, 0.1) is 0 Å². The number of rotatable bonds is 6. The third-order valence-electron chi connectivity index (χ3n) is 4.46. The minimum atomic E-state index is -4.32.